The summed E-state index contributed by atoms with van der Waals surface area (Å²) in [4.78, 5) is 10.6. The first kappa shape index (κ1) is 9.81. The minimum atomic E-state index is -0.428. The van der Waals surface area contributed by atoms with Crippen molar-refractivity contribution in [2.24, 2.45) is 0 Å². The van der Waals surface area contributed by atoms with Crippen LogP contribution >= 0.6 is 0 Å². The van der Waals surface area contributed by atoms with Crippen LogP contribution in [0.2, 0.25) is 0 Å². The fraction of sp³-hybridized carbons (Fsp3) is 0.571. The number of methoxy groups -OCH3 is 1. The van der Waals surface area contributed by atoms with Crippen LogP contribution in [0.3, 0.4) is 0 Å². The maximum atomic E-state index is 10.6. The maximum absolute atomic E-state index is 10.6. The predicted octanol–water partition coefficient (Wildman–Crippen LogP) is 0.257. The number of carbonyl (C=O) groups excluding carboxylic acids is 1. The Labute approximate surface area is 66.2 Å². The zero-order valence-electron chi connectivity index (χ0n) is 7.01. The van der Waals surface area contributed by atoms with Crippen molar-refractivity contribution in [3.8, 4) is 0 Å². The van der Waals surface area contributed by atoms with Gasteiger partial charge in [0.15, 0.2) is 5.88 Å². The van der Waals surface area contributed by atoms with Crippen LogP contribution in [-0.4, -0.2) is 26.7 Å². The second-order valence-corrected chi connectivity index (χ2v) is 1.71. The molecule has 0 unspecified atom stereocenters. The van der Waals surface area contributed by atoms with E-state index in [1.165, 1.54) is 13.2 Å². The molecule has 0 spiro atoms. The van der Waals surface area contributed by atoms with Gasteiger partial charge in [0.2, 0.25) is 0 Å². The molecule has 0 rings (SSSR count). The molecule has 64 valence electrons. The Balaban J connectivity index is 3.99. The number of hydrogen-bond donors (Lipinski definition) is 1. The first-order valence-electron chi connectivity index (χ1n) is 3.34. The van der Waals surface area contributed by atoms with Crippen molar-refractivity contribution in [1.29, 1.82) is 0 Å². The van der Waals surface area contributed by atoms with E-state index in [2.05, 4.69) is 10.1 Å². The molecule has 0 saturated heterocycles. The molecular weight excluding hydrogens is 146 g/mol. The SMILES string of the molecule is CCO/C(=C\C(=O)OC)NC. The summed E-state index contributed by atoms with van der Waals surface area (Å²) < 4.78 is 9.41. The number of hydrogen-bond acceptors (Lipinski definition) is 4. The maximum Gasteiger partial charge on any atom is 0.335 e. The Bertz CT molecular complexity index is 154. The molecule has 0 atom stereocenters. The van der Waals surface area contributed by atoms with E-state index in [-0.39, 0.29) is 0 Å². The van der Waals surface area contributed by atoms with Gasteiger partial charge in [0.25, 0.3) is 0 Å². The molecule has 0 aliphatic rings. The molecule has 0 aliphatic carbocycles. The molecule has 0 aromatic heterocycles. The molecule has 0 aliphatic heterocycles. The van der Waals surface area contributed by atoms with Gasteiger partial charge in [-0.1, -0.05) is 0 Å². The van der Waals surface area contributed by atoms with Crippen LogP contribution in [0.15, 0.2) is 12.0 Å². The molecular formula is C7H13NO3. The fourth-order valence-corrected chi connectivity index (χ4v) is 0.507. The molecule has 0 aromatic rings. The van der Waals surface area contributed by atoms with E-state index in [1.54, 1.807) is 7.05 Å². The quantitative estimate of drug-likeness (QED) is 0.363. The summed E-state index contributed by atoms with van der Waals surface area (Å²) in [5, 5.41) is 2.71. The van der Waals surface area contributed by atoms with Crippen LogP contribution in [0.25, 0.3) is 0 Å². The van der Waals surface area contributed by atoms with Crippen LogP contribution in [0, 0.1) is 0 Å². The normalized spacial score (nSPS) is 10.6. The summed E-state index contributed by atoms with van der Waals surface area (Å²) in [6, 6.07) is 0. The Hall–Kier alpha value is -1.19. The summed E-state index contributed by atoms with van der Waals surface area (Å²) in [6.45, 7) is 2.35. The summed E-state index contributed by atoms with van der Waals surface area (Å²) in [6.07, 6.45) is 1.25. The van der Waals surface area contributed by atoms with Gasteiger partial charge in [0, 0.05) is 7.05 Å². The zero-order valence-corrected chi connectivity index (χ0v) is 7.01. The van der Waals surface area contributed by atoms with E-state index in [0.717, 1.165) is 0 Å². The van der Waals surface area contributed by atoms with Crippen molar-refractivity contribution in [2.45, 2.75) is 6.92 Å². The lowest BCUT2D eigenvalue weighted by Crippen LogP contribution is -2.12. The van der Waals surface area contributed by atoms with Gasteiger partial charge in [-0.05, 0) is 6.92 Å². The molecule has 4 heteroatoms. The monoisotopic (exact) mass is 159 g/mol. The Morgan fingerprint density at radius 3 is 2.64 bits per heavy atom. The van der Waals surface area contributed by atoms with E-state index in [9.17, 15) is 4.79 Å². The highest BCUT2D eigenvalue weighted by Crippen LogP contribution is 1.91. The van der Waals surface area contributed by atoms with Crippen LogP contribution in [-0.2, 0) is 14.3 Å². The van der Waals surface area contributed by atoms with Gasteiger partial charge in [-0.25, -0.2) is 4.79 Å². The second-order valence-electron chi connectivity index (χ2n) is 1.71. The summed E-state index contributed by atoms with van der Waals surface area (Å²) in [5.41, 5.74) is 0. The van der Waals surface area contributed by atoms with Gasteiger partial charge in [0.1, 0.15) is 0 Å². The first-order chi connectivity index (χ1) is 5.24. The second kappa shape index (κ2) is 5.58. The van der Waals surface area contributed by atoms with Crippen LogP contribution in [0.5, 0.6) is 0 Å². The van der Waals surface area contributed by atoms with E-state index in [4.69, 9.17) is 4.74 Å². The van der Waals surface area contributed by atoms with Crippen LogP contribution < -0.4 is 5.32 Å². The van der Waals surface area contributed by atoms with Gasteiger partial charge in [-0.3, -0.25) is 0 Å². The average Bonchev–Trinajstić information content (AvgIpc) is 2.03. The van der Waals surface area contributed by atoms with Gasteiger partial charge in [-0.15, -0.1) is 0 Å². The highest BCUT2D eigenvalue weighted by atomic mass is 16.5. The van der Waals surface area contributed by atoms with Crippen molar-refractivity contribution in [3.63, 3.8) is 0 Å². The third-order valence-electron chi connectivity index (χ3n) is 0.996. The molecule has 0 bridgehead atoms. The van der Waals surface area contributed by atoms with Gasteiger partial charge in [0.05, 0.1) is 19.8 Å². The minimum absolute atomic E-state index is 0.416. The van der Waals surface area contributed by atoms with E-state index in [0.29, 0.717) is 12.5 Å². The zero-order chi connectivity index (χ0) is 8.69. The largest absolute Gasteiger partial charge is 0.479 e. The standard InChI is InChI=1S/C7H13NO3/c1-4-11-6(8-2)5-7(9)10-3/h5,8H,4H2,1-3H3/b6-5-. The Morgan fingerprint density at radius 2 is 2.27 bits per heavy atom. The molecule has 11 heavy (non-hydrogen) atoms. The fourth-order valence-electron chi connectivity index (χ4n) is 0.507. The van der Waals surface area contributed by atoms with Crippen molar-refractivity contribution < 1.29 is 14.3 Å². The molecule has 0 radical (unpaired) electrons. The minimum Gasteiger partial charge on any atom is -0.479 e. The highest BCUT2D eigenvalue weighted by Gasteiger charge is 1.98. The molecule has 4 nitrogen and oxygen atoms in total. The molecule has 0 amide bonds. The number of esters is 1. The molecule has 0 aromatic carbocycles. The predicted molar refractivity (Wildman–Crippen MR) is 40.8 cm³/mol. The van der Waals surface area contributed by atoms with Crippen molar-refractivity contribution in [3.05, 3.63) is 12.0 Å². The first-order valence-corrected chi connectivity index (χ1v) is 3.34. The van der Waals surface area contributed by atoms with Crippen LogP contribution in [0.1, 0.15) is 6.92 Å². The van der Waals surface area contributed by atoms with Crippen molar-refractivity contribution in [2.75, 3.05) is 20.8 Å². The summed E-state index contributed by atoms with van der Waals surface area (Å²) >= 11 is 0. The van der Waals surface area contributed by atoms with Crippen molar-refractivity contribution >= 4 is 5.97 Å². The lowest BCUT2D eigenvalue weighted by molar-refractivity contribution is -0.135. The van der Waals surface area contributed by atoms with E-state index < -0.39 is 5.97 Å². The Morgan fingerprint density at radius 1 is 1.64 bits per heavy atom. The molecule has 1 N–H and O–H groups in total. The smallest absolute Gasteiger partial charge is 0.335 e. The Kier molecular flexibility index (Phi) is 4.98. The summed E-state index contributed by atoms with van der Waals surface area (Å²) in [5.74, 6) is -0.0119. The van der Waals surface area contributed by atoms with E-state index in [1.807, 2.05) is 6.92 Å². The average molecular weight is 159 g/mol. The number of nitrogens with one attached hydrogen (secondary N) is 1. The van der Waals surface area contributed by atoms with Gasteiger partial charge >= 0.3 is 5.97 Å². The van der Waals surface area contributed by atoms with Gasteiger partial charge < -0.3 is 14.8 Å². The van der Waals surface area contributed by atoms with Crippen molar-refractivity contribution in [1.82, 2.24) is 5.32 Å². The number of carbonyl (C=O) groups is 1. The van der Waals surface area contributed by atoms with Gasteiger partial charge in [-0.2, -0.15) is 0 Å². The van der Waals surface area contributed by atoms with Crippen LogP contribution in [0.4, 0.5) is 0 Å². The highest BCUT2D eigenvalue weighted by molar-refractivity contribution is 5.82. The topological polar surface area (TPSA) is 47.6 Å². The molecule has 0 fully saturated rings. The lowest BCUT2D eigenvalue weighted by Gasteiger charge is -2.05. The lowest BCUT2D eigenvalue weighted by atomic mass is 10.6. The third-order valence-corrected chi connectivity index (χ3v) is 0.996. The molecule has 0 heterocycles. The third kappa shape index (κ3) is 4.25. The summed E-state index contributed by atoms with van der Waals surface area (Å²) in [7, 11) is 2.99. The van der Waals surface area contributed by atoms with E-state index >= 15 is 0 Å². The molecule has 0 saturated carbocycles. The number of rotatable bonds is 4. The number of ether oxygens (including phenoxy) is 2.